The second-order valence-corrected chi connectivity index (χ2v) is 5.81. The van der Waals surface area contributed by atoms with Gasteiger partial charge in [0, 0.05) is 25.6 Å². The van der Waals surface area contributed by atoms with Gasteiger partial charge < -0.3 is 19.7 Å². The molecule has 0 saturated carbocycles. The Labute approximate surface area is 136 Å². The lowest BCUT2D eigenvalue weighted by molar-refractivity contribution is -0.141. The Kier molecular flexibility index (Phi) is 5.60. The molecule has 1 N–H and O–H groups in total. The first-order valence-corrected chi connectivity index (χ1v) is 7.72. The van der Waals surface area contributed by atoms with Crippen molar-refractivity contribution in [2.24, 2.45) is 0 Å². The molecule has 6 heteroatoms. The molecule has 2 amide bonds. The molecular formula is C17H24N2O4. The fraction of sp³-hybridized carbons (Fsp3) is 0.529. The molecule has 1 aliphatic rings. The Balaban J connectivity index is 2.17. The molecule has 1 fully saturated rings. The van der Waals surface area contributed by atoms with Crippen LogP contribution in [0.4, 0.5) is 0 Å². The predicted molar refractivity (Wildman–Crippen MR) is 86.1 cm³/mol. The van der Waals surface area contributed by atoms with E-state index in [0.717, 1.165) is 5.56 Å². The number of benzene rings is 1. The number of likely N-dealkylation sites (tertiary alicyclic amines) is 1. The van der Waals surface area contributed by atoms with Crippen LogP contribution in [0.1, 0.15) is 25.3 Å². The van der Waals surface area contributed by atoms with E-state index >= 15 is 0 Å². The number of hydrogen-bond acceptors (Lipinski definition) is 4. The molecule has 1 atom stereocenters. The second kappa shape index (κ2) is 7.46. The lowest BCUT2D eigenvalue weighted by Gasteiger charge is -2.34. The van der Waals surface area contributed by atoms with Crippen molar-refractivity contribution in [2.45, 2.75) is 31.8 Å². The lowest BCUT2D eigenvalue weighted by atomic mass is 9.97. The average Bonchev–Trinajstić information content (AvgIpc) is 2.85. The van der Waals surface area contributed by atoms with Crippen LogP contribution in [0.2, 0.25) is 0 Å². The van der Waals surface area contributed by atoms with E-state index in [9.17, 15) is 9.59 Å². The predicted octanol–water partition coefficient (Wildman–Crippen LogP) is 1.34. The molecule has 1 heterocycles. The van der Waals surface area contributed by atoms with E-state index in [2.05, 4.69) is 5.32 Å². The van der Waals surface area contributed by atoms with Gasteiger partial charge in [-0.05, 0) is 19.4 Å². The van der Waals surface area contributed by atoms with Gasteiger partial charge in [0.25, 0.3) is 0 Å². The molecule has 1 aromatic rings. The molecule has 1 aliphatic heterocycles. The molecule has 126 valence electrons. The van der Waals surface area contributed by atoms with Crippen molar-refractivity contribution in [3.63, 3.8) is 0 Å². The quantitative estimate of drug-likeness (QED) is 0.770. The molecule has 0 unspecified atom stereocenters. The van der Waals surface area contributed by atoms with Crippen LogP contribution in [0, 0.1) is 0 Å². The van der Waals surface area contributed by atoms with Crippen molar-refractivity contribution >= 4 is 11.8 Å². The number of amides is 2. The first kappa shape index (κ1) is 17.3. The van der Waals surface area contributed by atoms with E-state index in [1.807, 2.05) is 31.2 Å². The van der Waals surface area contributed by atoms with Crippen LogP contribution in [-0.2, 0) is 20.9 Å². The number of carbonyl (C=O) groups excluding carboxylic acids is 2. The van der Waals surface area contributed by atoms with Gasteiger partial charge >= 0.3 is 0 Å². The van der Waals surface area contributed by atoms with Crippen molar-refractivity contribution < 1.29 is 19.1 Å². The summed E-state index contributed by atoms with van der Waals surface area (Å²) in [4.78, 5) is 26.5. The highest BCUT2D eigenvalue weighted by Gasteiger charge is 2.47. The number of ether oxygens (including phenoxy) is 2. The highest BCUT2D eigenvalue weighted by Crippen LogP contribution is 2.33. The fourth-order valence-corrected chi connectivity index (χ4v) is 2.86. The summed E-state index contributed by atoms with van der Waals surface area (Å²) in [5.41, 5.74) is 0.0484. The molecule has 1 saturated heterocycles. The summed E-state index contributed by atoms with van der Waals surface area (Å²) in [6, 6.07) is 7.54. The monoisotopic (exact) mass is 320 g/mol. The first-order chi connectivity index (χ1) is 11.0. The number of nitrogens with one attached hydrogen (secondary N) is 1. The van der Waals surface area contributed by atoms with Crippen molar-refractivity contribution in [3.05, 3.63) is 29.8 Å². The zero-order valence-electron chi connectivity index (χ0n) is 13.9. The Morgan fingerprint density at radius 1 is 1.35 bits per heavy atom. The van der Waals surface area contributed by atoms with Crippen LogP contribution in [-0.4, -0.2) is 49.6 Å². The molecular weight excluding hydrogens is 296 g/mol. The summed E-state index contributed by atoms with van der Waals surface area (Å²) in [6.45, 7) is 3.05. The van der Waals surface area contributed by atoms with Crippen molar-refractivity contribution in [1.82, 2.24) is 10.2 Å². The van der Waals surface area contributed by atoms with Gasteiger partial charge in [0.05, 0.1) is 20.3 Å². The van der Waals surface area contributed by atoms with Crippen molar-refractivity contribution in [1.29, 1.82) is 0 Å². The molecule has 23 heavy (non-hydrogen) atoms. The SMILES string of the molecule is COCCNC(=O)[C@@]1(C)CCC(=O)N1Cc1ccccc1OC. The second-order valence-electron chi connectivity index (χ2n) is 5.81. The molecule has 0 aliphatic carbocycles. The maximum absolute atomic E-state index is 12.6. The van der Waals surface area contributed by atoms with Crippen LogP contribution >= 0.6 is 0 Å². The maximum Gasteiger partial charge on any atom is 0.245 e. The van der Waals surface area contributed by atoms with Crippen LogP contribution in [0.25, 0.3) is 0 Å². The third kappa shape index (κ3) is 3.64. The number of nitrogens with zero attached hydrogens (tertiary/aromatic N) is 1. The zero-order chi connectivity index (χ0) is 16.9. The molecule has 0 bridgehead atoms. The molecule has 1 aromatic carbocycles. The third-order valence-corrected chi connectivity index (χ3v) is 4.32. The Hall–Kier alpha value is -2.08. The summed E-state index contributed by atoms with van der Waals surface area (Å²) in [5.74, 6) is 0.560. The summed E-state index contributed by atoms with van der Waals surface area (Å²) < 4.78 is 10.3. The summed E-state index contributed by atoms with van der Waals surface area (Å²) in [5, 5.41) is 2.84. The van der Waals surface area contributed by atoms with E-state index in [-0.39, 0.29) is 11.8 Å². The third-order valence-electron chi connectivity index (χ3n) is 4.32. The van der Waals surface area contributed by atoms with Gasteiger partial charge in [-0.15, -0.1) is 0 Å². The molecule has 6 nitrogen and oxygen atoms in total. The summed E-state index contributed by atoms with van der Waals surface area (Å²) in [6.07, 6.45) is 0.892. The van der Waals surface area contributed by atoms with Crippen LogP contribution in [0.15, 0.2) is 24.3 Å². The molecule has 2 rings (SSSR count). The topological polar surface area (TPSA) is 67.9 Å². The van der Waals surface area contributed by atoms with E-state index < -0.39 is 5.54 Å². The van der Waals surface area contributed by atoms with Crippen LogP contribution in [0.5, 0.6) is 5.75 Å². The van der Waals surface area contributed by atoms with Crippen LogP contribution < -0.4 is 10.1 Å². The standard InChI is InChI=1S/C17H24N2O4/c1-17(16(21)18-10-11-22-2)9-8-15(20)19(17)12-13-6-4-5-7-14(13)23-3/h4-7H,8-12H2,1-3H3,(H,18,21)/t17-/m1/s1. The summed E-state index contributed by atoms with van der Waals surface area (Å²) >= 11 is 0. The fourth-order valence-electron chi connectivity index (χ4n) is 2.86. The van der Waals surface area contributed by atoms with Gasteiger partial charge in [0.1, 0.15) is 11.3 Å². The average molecular weight is 320 g/mol. The minimum atomic E-state index is -0.842. The molecule has 0 spiro atoms. The number of methoxy groups -OCH3 is 2. The number of hydrogen-bond donors (Lipinski definition) is 1. The number of carbonyl (C=O) groups is 2. The van der Waals surface area contributed by atoms with Gasteiger partial charge in [-0.3, -0.25) is 9.59 Å². The van der Waals surface area contributed by atoms with Gasteiger partial charge in [-0.25, -0.2) is 0 Å². The first-order valence-electron chi connectivity index (χ1n) is 7.72. The zero-order valence-corrected chi connectivity index (χ0v) is 13.9. The largest absolute Gasteiger partial charge is 0.496 e. The van der Waals surface area contributed by atoms with Gasteiger partial charge in [0.15, 0.2) is 0 Å². The molecule has 0 aromatic heterocycles. The highest BCUT2D eigenvalue weighted by molar-refractivity contribution is 5.94. The maximum atomic E-state index is 12.6. The minimum absolute atomic E-state index is 0.0136. The Morgan fingerprint density at radius 2 is 2.09 bits per heavy atom. The van der Waals surface area contributed by atoms with Gasteiger partial charge in [-0.1, -0.05) is 18.2 Å². The van der Waals surface area contributed by atoms with Gasteiger partial charge in [0.2, 0.25) is 11.8 Å². The van der Waals surface area contributed by atoms with E-state index in [0.29, 0.717) is 38.3 Å². The lowest BCUT2D eigenvalue weighted by Crippen LogP contribution is -2.54. The summed E-state index contributed by atoms with van der Waals surface area (Å²) in [7, 11) is 3.18. The Morgan fingerprint density at radius 3 is 2.78 bits per heavy atom. The van der Waals surface area contributed by atoms with Crippen LogP contribution in [0.3, 0.4) is 0 Å². The van der Waals surface area contributed by atoms with E-state index in [1.165, 1.54) is 0 Å². The normalized spacial score (nSPS) is 20.7. The highest BCUT2D eigenvalue weighted by atomic mass is 16.5. The van der Waals surface area contributed by atoms with Crippen molar-refractivity contribution in [3.8, 4) is 5.75 Å². The minimum Gasteiger partial charge on any atom is -0.496 e. The molecule has 0 radical (unpaired) electrons. The van der Waals surface area contributed by atoms with E-state index in [4.69, 9.17) is 9.47 Å². The Bertz CT molecular complexity index is 575. The number of rotatable bonds is 7. The van der Waals surface area contributed by atoms with E-state index in [1.54, 1.807) is 19.1 Å². The van der Waals surface area contributed by atoms with Crippen molar-refractivity contribution in [2.75, 3.05) is 27.4 Å². The number of para-hydroxylation sites is 1. The van der Waals surface area contributed by atoms with Gasteiger partial charge in [-0.2, -0.15) is 0 Å². The smallest absolute Gasteiger partial charge is 0.245 e.